The van der Waals surface area contributed by atoms with Crippen LogP contribution in [0, 0.1) is 13.8 Å². The maximum Gasteiger partial charge on any atom is 0.416 e. The summed E-state index contributed by atoms with van der Waals surface area (Å²) >= 11 is 0. The van der Waals surface area contributed by atoms with Crippen LogP contribution in [0.15, 0.2) is 65.1 Å². The van der Waals surface area contributed by atoms with E-state index in [1.54, 1.807) is 36.7 Å². The van der Waals surface area contributed by atoms with Gasteiger partial charge in [0.15, 0.2) is 5.76 Å². The molecule has 0 fully saturated rings. The summed E-state index contributed by atoms with van der Waals surface area (Å²) in [5, 5.41) is 7.20. The summed E-state index contributed by atoms with van der Waals surface area (Å²) in [7, 11) is 0. The third kappa shape index (κ3) is 6.22. The van der Waals surface area contributed by atoms with E-state index in [1.807, 2.05) is 24.3 Å². The molecule has 4 rings (SSSR count). The quantitative estimate of drug-likeness (QED) is 0.274. The van der Waals surface area contributed by atoms with Gasteiger partial charge in [-0.05, 0) is 67.3 Å². The predicted molar refractivity (Wildman–Crippen MR) is 134 cm³/mol. The first-order valence-corrected chi connectivity index (χ1v) is 11.8. The van der Waals surface area contributed by atoms with Gasteiger partial charge in [-0.15, -0.1) is 0 Å². The number of halogens is 3. The molecule has 0 atom stereocenters. The highest BCUT2D eigenvalue weighted by Gasteiger charge is 2.30. The topological polar surface area (TPSA) is 69.3 Å². The summed E-state index contributed by atoms with van der Waals surface area (Å²) < 4.78 is 52.1. The molecule has 9 heteroatoms. The number of hydrogen-bond acceptors (Lipinski definition) is 4. The molecule has 0 saturated heterocycles. The number of nitrogens with zero attached hydrogens (tertiary/aromatic N) is 2. The van der Waals surface area contributed by atoms with Gasteiger partial charge >= 0.3 is 6.18 Å². The van der Waals surface area contributed by atoms with E-state index < -0.39 is 17.6 Å². The summed E-state index contributed by atoms with van der Waals surface area (Å²) in [4.78, 5) is 12.8. The smallest absolute Gasteiger partial charge is 0.416 e. The summed E-state index contributed by atoms with van der Waals surface area (Å²) in [5.41, 5.74) is 2.59. The van der Waals surface area contributed by atoms with Gasteiger partial charge in [-0.2, -0.15) is 18.3 Å². The molecule has 0 saturated carbocycles. The van der Waals surface area contributed by atoms with E-state index in [9.17, 15) is 18.0 Å². The molecule has 37 heavy (non-hydrogen) atoms. The molecule has 0 aliphatic carbocycles. The molecule has 194 valence electrons. The largest absolute Gasteiger partial charge is 0.486 e. The Bertz CT molecular complexity index is 1390. The highest BCUT2D eigenvalue weighted by Crippen LogP contribution is 2.30. The van der Waals surface area contributed by atoms with Crippen molar-refractivity contribution in [2.24, 2.45) is 0 Å². The molecule has 0 radical (unpaired) electrons. The van der Waals surface area contributed by atoms with Crippen LogP contribution in [0.25, 0.3) is 0 Å². The Balaban J connectivity index is 1.40. The third-order valence-electron chi connectivity index (χ3n) is 6.02. The van der Waals surface area contributed by atoms with Crippen LogP contribution in [0.2, 0.25) is 0 Å². The number of anilines is 1. The van der Waals surface area contributed by atoms with Crippen molar-refractivity contribution in [3.8, 4) is 5.75 Å². The molecule has 0 aliphatic rings. The van der Waals surface area contributed by atoms with E-state index in [0.29, 0.717) is 40.1 Å². The standard InChI is InChI=1S/C28H28F3N3O3/c1-17(2)21-8-10-23(11-9-21)36-16-24-12-13-25(37-24)27(35)32-26-18(3)33-34(19(26)4)15-20-6-5-7-22(14-20)28(29,30)31/h5-14,17H,15-16H2,1-4H3,(H,32,35). The number of carbonyl (C=O) groups is 1. The number of hydrogen-bond donors (Lipinski definition) is 1. The Morgan fingerprint density at radius 2 is 1.81 bits per heavy atom. The Morgan fingerprint density at radius 3 is 2.49 bits per heavy atom. The zero-order valence-electron chi connectivity index (χ0n) is 21.0. The molecule has 0 spiro atoms. The fourth-order valence-electron chi connectivity index (χ4n) is 3.91. The molecule has 2 aromatic carbocycles. The molecule has 0 unspecified atom stereocenters. The van der Waals surface area contributed by atoms with Crippen LogP contribution < -0.4 is 10.1 Å². The van der Waals surface area contributed by atoms with Gasteiger partial charge in [0.05, 0.1) is 29.2 Å². The minimum absolute atomic E-state index is 0.109. The maximum absolute atomic E-state index is 13.0. The van der Waals surface area contributed by atoms with Gasteiger partial charge in [0.2, 0.25) is 0 Å². The molecule has 0 aliphatic heterocycles. The zero-order chi connectivity index (χ0) is 26.7. The van der Waals surface area contributed by atoms with Gasteiger partial charge in [-0.1, -0.05) is 38.1 Å². The Hall–Kier alpha value is -4.01. The number of nitrogens with one attached hydrogen (secondary N) is 1. The van der Waals surface area contributed by atoms with Crippen LogP contribution in [-0.4, -0.2) is 15.7 Å². The molecule has 2 heterocycles. The average molecular weight is 512 g/mol. The van der Waals surface area contributed by atoms with Crippen LogP contribution in [0.3, 0.4) is 0 Å². The van der Waals surface area contributed by atoms with Gasteiger partial charge < -0.3 is 14.5 Å². The number of carbonyl (C=O) groups excluding carboxylic acids is 1. The number of amides is 1. The summed E-state index contributed by atoms with van der Waals surface area (Å²) in [6, 6.07) is 16.2. The van der Waals surface area contributed by atoms with Crippen molar-refractivity contribution in [1.29, 1.82) is 0 Å². The van der Waals surface area contributed by atoms with E-state index in [1.165, 1.54) is 11.6 Å². The number of aryl methyl sites for hydroxylation is 1. The van der Waals surface area contributed by atoms with E-state index in [-0.39, 0.29) is 18.9 Å². The van der Waals surface area contributed by atoms with Crippen LogP contribution in [0.4, 0.5) is 18.9 Å². The lowest BCUT2D eigenvalue weighted by molar-refractivity contribution is -0.137. The molecule has 1 amide bonds. The number of benzene rings is 2. The van der Waals surface area contributed by atoms with Crippen molar-refractivity contribution in [3.63, 3.8) is 0 Å². The number of ether oxygens (including phenoxy) is 1. The first-order valence-electron chi connectivity index (χ1n) is 11.8. The molecule has 2 aromatic heterocycles. The second-order valence-corrected chi connectivity index (χ2v) is 9.13. The Kier molecular flexibility index (Phi) is 7.42. The number of alkyl halides is 3. The SMILES string of the molecule is Cc1nn(Cc2cccc(C(F)(F)F)c2)c(C)c1NC(=O)c1ccc(COc2ccc(C(C)C)cc2)o1. The molecule has 6 nitrogen and oxygen atoms in total. The monoisotopic (exact) mass is 511 g/mol. The Labute approximate surface area is 213 Å². The lowest BCUT2D eigenvalue weighted by atomic mass is 10.0. The second kappa shape index (κ2) is 10.5. The number of furan rings is 1. The van der Waals surface area contributed by atoms with Crippen molar-refractivity contribution in [2.45, 2.75) is 52.9 Å². The fraction of sp³-hybridized carbons (Fsp3) is 0.286. The van der Waals surface area contributed by atoms with Crippen molar-refractivity contribution >= 4 is 11.6 Å². The molecule has 4 aromatic rings. The first kappa shape index (κ1) is 26.1. The van der Waals surface area contributed by atoms with Crippen molar-refractivity contribution < 1.29 is 27.1 Å². The van der Waals surface area contributed by atoms with Crippen LogP contribution >= 0.6 is 0 Å². The van der Waals surface area contributed by atoms with E-state index in [2.05, 4.69) is 24.3 Å². The van der Waals surface area contributed by atoms with Crippen molar-refractivity contribution in [1.82, 2.24) is 9.78 Å². The summed E-state index contributed by atoms with van der Waals surface area (Å²) in [6.07, 6.45) is -4.42. The highest BCUT2D eigenvalue weighted by atomic mass is 19.4. The van der Waals surface area contributed by atoms with E-state index >= 15 is 0 Å². The van der Waals surface area contributed by atoms with Gasteiger partial charge in [0, 0.05) is 0 Å². The van der Waals surface area contributed by atoms with Crippen LogP contribution in [0.1, 0.15) is 64.2 Å². The lowest BCUT2D eigenvalue weighted by Gasteiger charge is -2.10. The number of aromatic nitrogens is 2. The van der Waals surface area contributed by atoms with Gasteiger partial charge in [-0.25, -0.2) is 0 Å². The molecular formula is C28H28F3N3O3. The van der Waals surface area contributed by atoms with Crippen molar-refractivity contribution in [3.05, 3.63) is 100 Å². The van der Waals surface area contributed by atoms with Crippen LogP contribution in [-0.2, 0) is 19.3 Å². The second-order valence-electron chi connectivity index (χ2n) is 9.13. The zero-order valence-corrected chi connectivity index (χ0v) is 21.0. The summed E-state index contributed by atoms with van der Waals surface area (Å²) in [6.45, 7) is 8.01. The van der Waals surface area contributed by atoms with E-state index in [0.717, 1.165) is 12.1 Å². The third-order valence-corrected chi connectivity index (χ3v) is 6.02. The molecular weight excluding hydrogens is 483 g/mol. The first-order chi connectivity index (χ1) is 17.5. The van der Waals surface area contributed by atoms with Crippen LogP contribution in [0.5, 0.6) is 5.75 Å². The highest BCUT2D eigenvalue weighted by molar-refractivity contribution is 6.02. The lowest BCUT2D eigenvalue weighted by Crippen LogP contribution is -2.13. The minimum atomic E-state index is -4.42. The molecule has 1 N–H and O–H groups in total. The van der Waals surface area contributed by atoms with E-state index in [4.69, 9.17) is 9.15 Å². The molecule has 0 bridgehead atoms. The fourth-order valence-corrected chi connectivity index (χ4v) is 3.91. The van der Waals surface area contributed by atoms with Crippen molar-refractivity contribution in [2.75, 3.05) is 5.32 Å². The minimum Gasteiger partial charge on any atom is -0.486 e. The van der Waals surface area contributed by atoms with Gasteiger partial charge in [0.1, 0.15) is 18.1 Å². The average Bonchev–Trinajstić information content (AvgIpc) is 3.43. The predicted octanol–water partition coefficient (Wildman–Crippen LogP) is 7.11. The van der Waals surface area contributed by atoms with Gasteiger partial charge in [-0.3, -0.25) is 9.48 Å². The van der Waals surface area contributed by atoms with Gasteiger partial charge in [0.25, 0.3) is 5.91 Å². The Morgan fingerprint density at radius 1 is 1.08 bits per heavy atom. The number of rotatable bonds is 8. The maximum atomic E-state index is 13.0. The summed E-state index contributed by atoms with van der Waals surface area (Å²) in [5.74, 6) is 1.27. The normalized spacial score (nSPS) is 11.7.